The predicted molar refractivity (Wildman–Crippen MR) is 64.8 cm³/mol. The normalized spacial score (nSPS) is 11.5. The topological polar surface area (TPSA) is 55.3 Å². The molecule has 0 saturated carbocycles. The molecule has 0 unspecified atom stereocenters. The van der Waals surface area contributed by atoms with Gasteiger partial charge in [-0.3, -0.25) is 10.1 Å². The fourth-order valence-electron chi connectivity index (χ4n) is 1.31. The minimum Gasteiger partial charge on any atom is -0.351 e. The Kier molecular flexibility index (Phi) is 4.99. The molecule has 1 aromatic rings. The van der Waals surface area contributed by atoms with Crippen LogP contribution in [0.15, 0.2) is 12.3 Å². The van der Waals surface area contributed by atoms with Gasteiger partial charge < -0.3 is 5.32 Å². The van der Waals surface area contributed by atoms with Crippen LogP contribution in [0.3, 0.4) is 0 Å². The number of halogens is 4. The second-order valence-corrected chi connectivity index (χ2v) is 4.59. The van der Waals surface area contributed by atoms with Gasteiger partial charge in [0.1, 0.15) is 11.2 Å². The Morgan fingerprint density at radius 1 is 1.47 bits per heavy atom. The summed E-state index contributed by atoms with van der Waals surface area (Å²) in [5.74, 6) is -0.118. The molecule has 0 spiro atoms. The lowest BCUT2D eigenvalue weighted by Crippen LogP contribution is -2.35. The summed E-state index contributed by atoms with van der Waals surface area (Å²) >= 11 is 5.70. The molecule has 1 aromatic heterocycles. The summed E-state index contributed by atoms with van der Waals surface area (Å²) in [4.78, 5) is 13.7. The maximum atomic E-state index is 12.4. The number of pyridine rings is 1. The summed E-state index contributed by atoms with van der Waals surface area (Å²) in [5.41, 5.74) is -0.880. The first kappa shape index (κ1) is 15.6. The van der Waals surface area contributed by atoms with E-state index < -0.39 is 11.7 Å². The van der Waals surface area contributed by atoms with Crippen molar-refractivity contribution in [3.05, 3.63) is 22.8 Å². The molecule has 1 amide bonds. The van der Waals surface area contributed by atoms with Crippen LogP contribution in [-0.2, 0) is 11.0 Å². The van der Waals surface area contributed by atoms with Crippen LogP contribution in [0, 0.1) is 0 Å². The van der Waals surface area contributed by atoms with Gasteiger partial charge in [-0.25, -0.2) is 4.98 Å². The average molecular weight is 297 g/mol. The number of hydrogen-bond donors (Lipinski definition) is 2. The molecule has 0 aliphatic rings. The Bertz CT molecular complexity index is 463. The van der Waals surface area contributed by atoms with Crippen molar-refractivity contribution in [1.29, 1.82) is 0 Å². The van der Waals surface area contributed by atoms with E-state index in [2.05, 4.69) is 15.6 Å². The number of aromatic nitrogens is 1. The standard InChI is InChI=1S/C11H13ClF3N3O/c1-6(2)18-9(19)5-17-10-8(12)3-7(4-16-10)11(13,14)15/h3-4,6H,5H2,1-2H3,(H,16,17)(H,18,19)/p+1. The lowest BCUT2D eigenvalue weighted by molar-refractivity contribution is -0.364. The van der Waals surface area contributed by atoms with Crippen molar-refractivity contribution in [2.75, 3.05) is 11.9 Å². The molecule has 0 aromatic carbocycles. The number of alkyl halides is 3. The maximum Gasteiger partial charge on any atom is 0.419 e. The largest absolute Gasteiger partial charge is 0.419 e. The first-order valence-electron chi connectivity index (χ1n) is 5.52. The van der Waals surface area contributed by atoms with Crippen LogP contribution >= 0.6 is 11.6 Å². The lowest BCUT2D eigenvalue weighted by Gasteiger charge is -2.08. The summed E-state index contributed by atoms with van der Waals surface area (Å²) < 4.78 is 37.2. The first-order valence-corrected chi connectivity index (χ1v) is 5.89. The highest BCUT2D eigenvalue weighted by atomic mass is 35.5. The van der Waals surface area contributed by atoms with Gasteiger partial charge in [-0.1, -0.05) is 11.6 Å². The van der Waals surface area contributed by atoms with Crippen LogP contribution in [0.4, 0.5) is 19.0 Å². The van der Waals surface area contributed by atoms with Crippen LogP contribution in [0.5, 0.6) is 0 Å². The van der Waals surface area contributed by atoms with Gasteiger partial charge >= 0.3 is 6.18 Å². The zero-order valence-corrected chi connectivity index (χ0v) is 11.1. The van der Waals surface area contributed by atoms with E-state index in [1.165, 1.54) is 0 Å². The second kappa shape index (κ2) is 6.10. The smallest absolute Gasteiger partial charge is 0.351 e. The summed E-state index contributed by atoms with van der Waals surface area (Å²) in [6.45, 7) is 3.52. The molecule has 1 heterocycles. The zero-order valence-electron chi connectivity index (χ0n) is 10.4. The fourth-order valence-corrected chi connectivity index (χ4v) is 1.55. The fraction of sp³-hybridized carbons (Fsp3) is 0.455. The number of amides is 1. The summed E-state index contributed by atoms with van der Waals surface area (Å²) in [6, 6.07) is 0.780. The number of anilines is 1. The Labute approximate surface area is 113 Å². The molecule has 1 rings (SSSR count). The Morgan fingerprint density at radius 2 is 2.11 bits per heavy atom. The van der Waals surface area contributed by atoms with Gasteiger partial charge in [0, 0.05) is 6.04 Å². The molecule has 8 heteroatoms. The molecule has 0 aliphatic carbocycles. The number of rotatable bonds is 4. The van der Waals surface area contributed by atoms with E-state index in [0.29, 0.717) is 0 Å². The van der Waals surface area contributed by atoms with Crippen LogP contribution in [-0.4, -0.2) is 18.5 Å². The van der Waals surface area contributed by atoms with Gasteiger partial charge in [0.05, 0.1) is 5.56 Å². The number of nitrogens with one attached hydrogen (secondary N) is 3. The third-order valence-corrected chi connectivity index (χ3v) is 2.39. The van der Waals surface area contributed by atoms with Crippen molar-refractivity contribution in [1.82, 2.24) is 5.32 Å². The van der Waals surface area contributed by atoms with Crippen molar-refractivity contribution in [2.45, 2.75) is 26.1 Å². The molecule has 4 nitrogen and oxygen atoms in total. The zero-order chi connectivity index (χ0) is 14.6. The summed E-state index contributed by atoms with van der Waals surface area (Å²) in [7, 11) is 0. The van der Waals surface area contributed by atoms with E-state index in [-0.39, 0.29) is 29.3 Å². The van der Waals surface area contributed by atoms with E-state index in [9.17, 15) is 18.0 Å². The van der Waals surface area contributed by atoms with Crippen LogP contribution < -0.4 is 15.6 Å². The van der Waals surface area contributed by atoms with E-state index in [4.69, 9.17) is 11.6 Å². The summed E-state index contributed by atoms with van der Waals surface area (Å²) in [5, 5.41) is 5.13. The highest BCUT2D eigenvalue weighted by molar-refractivity contribution is 6.32. The third-order valence-electron chi connectivity index (χ3n) is 2.10. The number of carbonyl (C=O) groups is 1. The summed E-state index contributed by atoms with van der Waals surface area (Å²) in [6.07, 6.45) is -3.68. The minimum absolute atomic E-state index is 0.0126. The van der Waals surface area contributed by atoms with Crippen LogP contribution in [0.2, 0.25) is 5.02 Å². The predicted octanol–water partition coefficient (Wildman–Crippen LogP) is 2.11. The molecule has 106 valence electrons. The monoisotopic (exact) mass is 296 g/mol. The lowest BCUT2D eigenvalue weighted by atomic mass is 10.3. The van der Waals surface area contributed by atoms with Crippen molar-refractivity contribution in [2.24, 2.45) is 0 Å². The van der Waals surface area contributed by atoms with E-state index >= 15 is 0 Å². The molecule has 0 saturated heterocycles. The van der Waals surface area contributed by atoms with Crippen LogP contribution in [0.25, 0.3) is 0 Å². The van der Waals surface area contributed by atoms with Gasteiger partial charge in [0.15, 0.2) is 6.54 Å². The molecule has 0 bridgehead atoms. The van der Waals surface area contributed by atoms with Crippen molar-refractivity contribution >= 4 is 23.3 Å². The van der Waals surface area contributed by atoms with Crippen LogP contribution in [0.1, 0.15) is 19.4 Å². The number of aromatic amines is 1. The van der Waals surface area contributed by atoms with Gasteiger partial charge in [0.25, 0.3) is 11.7 Å². The molecule has 0 radical (unpaired) electrons. The van der Waals surface area contributed by atoms with Crippen molar-refractivity contribution < 1.29 is 22.9 Å². The van der Waals surface area contributed by atoms with E-state index in [1.807, 2.05) is 0 Å². The number of hydrogen-bond acceptors (Lipinski definition) is 2. The molecule has 0 fully saturated rings. The van der Waals surface area contributed by atoms with Gasteiger partial charge in [0.2, 0.25) is 0 Å². The highest BCUT2D eigenvalue weighted by Crippen LogP contribution is 2.30. The number of H-pyrrole nitrogens is 1. The Hall–Kier alpha value is -1.50. The molecule has 3 N–H and O–H groups in total. The number of carbonyl (C=O) groups excluding carboxylic acids is 1. The quantitative estimate of drug-likeness (QED) is 0.894. The molecule has 0 aliphatic heterocycles. The Balaban J connectivity index is 2.68. The molecular formula is C11H14ClF3N3O+. The SMILES string of the molecule is CC(C)NC(=O)CNc1[nH+]cc(C(F)(F)F)cc1Cl. The van der Waals surface area contributed by atoms with Crippen molar-refractivity contribution in [3.8, 4) is 0 Å². The van der Waals surface area contributed by atoms with Crippen molar-refractivity contribution in [3.63, 3.8) is 0 Å². The highest BCUT2D eigenvalue weighted by Gasteiger charge is 2.32. The first-order chi connectivity index (χ1) is 8.70. The molecular weight excluding hydrogens is 283 g/mol. The van der Waals surface area contributed by atoms with E-state index in [0.717, 1.165) is 12.3 Å². The minimum atomic E-state index is -4.46. The maximum absolute atomic E-state index is 12.4. The van der Waals surface area contributed by atoms with Gasteiger partial charge in [-0.05, 0) is 19.9 Å². The van der Waals surface area contributed by atoms with Gasteiger partial charge in [-0.15, -0.1) is 0 Å². The van der Waals surface area contributed by atoms with Gasteiger partial charge in [-0.2, -0.15) is 13.2 Å². The third kappa shape index (κ3) is 4.94. The van der Waals surface area contributed by atoms with E-state index in [1.54, 1.807) is 13.8 Å². The Morgan fingerprint density at radius 3 is 2.58 bits per heavy atom. The molecule has 0 atom stereocenters. The average Bonchev–Trinajstić information content (AvgIpc) is 2.25. The molecule has 19 heavy (non-hydrogen) atoms. The second-order valence-electron chi connectivity index (χ2n) is 4.18.